The molecule has 1 aliphatic rings. The van der Waals surface area contributed by atoms with Crippen molar-refractivity contribution in [3.63, 3.8) is 0 Å². The van der Waals surface area contributed by atoms with Crippen LogP contribution in [0.3, 0.4) is 0 Å². The maximum Gasteiger partial charge on any atom is 0.220 e. The molecule has 2 heterocycles. The van der Waals surface area contributed by atoms with E-state index in [-0.39, 0.29) is 18.0 Å². The molecule has 1 aromatic carbocycles. The molecule has 3 rings (SSSR count). The zero-order valence-electron chi connectivity index (χ0n) is 11.3. The van der Waals surface area contributed by atoms with Crippen LogP contribution in [-0.4, -0.2) is 18.5 Å². The molecule has 1 aliphatic heterocycles. The fourth-order valence-corrected chi connectivity index (χ4v) is 2.88. The van der Waals surface area contributed by atoms with Crippen molar-refractivity contribution in [1.29, 1.82) is 0 Å². The largest absolute Gasteiger partial charge is 0.459 e. The number of carbonyl (C=O) groups is 1. The molecule has 0 spiro atoms. The number of benzene rings is 1. The van der Waals surface area contributed by atoms with Gasteiger partial charge in [-0.25, -0.2) is 0 Å². The van der Waals surface area contributed by atoms with Crippen LogP contribution in [0.15, 0.2) is 33.2 Å². The number of amides is 1. The van der Waals surface area contributed by atoms with Crippen LogP contribution in [-0.2, 0) is 4.79 Å². The van der Waals surface area contributed by atoms with Crippen LogP contribution < -0.4 is 10.6 Å². The summed E-state index contributed by atoms with van der Waals surface area (Å²) in [6.45, 7) is 2.84. The molecule has 1 aromatic heterocycles. The van der Waals surface area contributed by atoms with Gasteiger partial charge in [0.1, 0.15) is 11.3 Å². The Morgan fingerprint density at radius 3 is 3.10 bits per heavy atom. The quantitative estimate of drug-likeness (QED) is 0.901. The van der Waals surface area contributed by atoms with Crippen molar-refractivity contribution in [2.75, 3.05) is 6.54 Å². The Morgan fingerprint density at radius 1 is 1.50 bits per heavy atom. The van der Waals surface area contributed by atoms with Crippen molar-refractivity contribution in [2.24, 2.45) is 0 Å². The first-order valence-electron chi connectivity index (χ1n) is 6.83. The van der Waals surface area contributed by atoms with E-state index in [2.05, 4.69) is 39.6 Å². The van der Waals surface area contributed by atoms with Crippen molar-refractivity contribution in [3.05, 3.63) is 34.5 Å². The van der Waals surface area contributed by atoms with Gasteiger partial charge in [0.05, 0.1) is 6.04 Å². The van der Waals surface area contributed by atoms with Gasteiger partial charge in [-0.05, 0) is 37.6 Å². The van der Waals surface area contributed by atoms with Crippen LogP contribution in [0.5, 0.6) is 0 Å². The van der Waals surface area contributed by atoms with Crippen molar-refractivity contribution >= 4 is 32.8 Å². The first kappa shape index (κ1) is 13.6. The summed E-state index contributed by atoms with van der Waals surface area (Å²) in [5.41, 5.74) is 0.894. The van der Waals surface area contributed by atoms with Crippen LogP contribution in [0, 0.1) is 0 Å². The molecule has 1 saturated heterocycles. The number of halogens is 1. The van der Waals surface area contributed by atoms with E-state index in [0.29, 0.717) is 6.42 Å². The third kappa shape index (κ3) is 2.88. The zero-order valence-corrected chi connectivity index (χ0v) is 12.9. The summed E-state index contributed by atoms with van der Waals surface area (Å²) in [6, 6.07) is 8.41. The minimum atomic E-state index is 0.124. The molecule has 0 aliphatic carbocycles. The minimum absolute atomic E-state index is 0.124. The molecule has 0 radical (unpaired) electrons. The van der Waals surface area contributed by atoms with Crippen molar-refractivity contribution in [3.8, 4) is 0 Å². The molecule has 1 amide bonds. The molecule has 2 aromatic rings. The van der Waals surface area contributed by atoms with Crippen LogP contribution in [0.25, 0.3) is 11.0 Å². The second-order valence-corrected chi connectivity index (χ2v) is 6.18. The molecule has 4 nitrogen and oxygen atoms in total. The molecule has 2 unspecified atom stereocenters. The highest BCUT2D eigenvalue weighted by atomic mass is 79.9. The number of carbonyl (C=O) groups excluding carboxylic acids is 1. The van der Waals surface area contributed by atoms with Crippen molar-refractivity contribution < 1.29 is 9.21 Å². The molecule has 0 bridgehead atoms. The lowest BCUT2D eigenvalue weighted by atomic mass is 10.2. The van der Waals surface area contributed by atoms with Gasteiger partial charge in [0.15, 0.2) is 0 Å². The highest BCUT2D eigenvalue weighted by Crippen LogP contribution is 2.26. The maximum absolute atomic E-state index is 11.2. The summed E-state index contributed by atoms with van der Waals surface area (Å²) in [5.74, 6) is 1.07. The Balaban J connectivity index is 1.66. The predicted molar refractivity (Wildman–Crippen MR) is 81.5 cm³/mol. The van der Waals surface area contributed by atoms with Gasteiger partial charge in [-0.15, -0.1) is 0 Å². The van der Waals surface area contributed by atoms with Gasteiger partial charge < -0.3 is 15.1 Å². The fourth-order valence-electron chi connectivity index (χ4n) is 2.50. The molecule has 2 N–H and O–H groups in total. The first-order valence-corrected chi connectivity index (χ1v) is 7.63. The average molecular weight is 337 g/mol. The predicted octanol–water partition coefficient (Wildman–Crippen LogP) is 3.12. The van der Waals surface area contributed by atoms with E-state index in [1.165, 1.54) is 0 Å². The van der Waals surface area contributed by atoms with Gasteiger partial charge in [-0.1, -0.05) is 15.9 Å². The van der Waals surface area contributed by atoms with E-state index in [1.807, 2.05) is 18.2 Å². The van der Waals surface area contributed by atoms with E-state index >= 15 is 0 Å². The Labute approximate surface area is 126 Å². The normalized spacial score (nSPS) is 20.3. The molecule has 106 valence electrons. The minimum Gasteiger partial charge on any atom is -0.459 e. The van der Waals surface area contributed by atoms with E-state index in [9.17, 15) is 4.79 Å². The monoisotopic (exact) mass is 336 g/mol. The second kappa shape index (κ2) is 5.58. The lowest BCUT2D eigenvalue weighted by molar-refractivity contribution is -0.119. The molecular formula is C15H17BrN2O2. The third-order valence-electron chi connectivity index (χ3n) is 3.68. The molecular weight excluding hydrogens is 320 g/mol. The van der Waals surface area contributed by atoms with Crippen molar-refractivity contribution in [2.45, 2.75) is 31.8 Å². The Kier molecular flexibility index (Phi) is 3.81. The zero-order chi connectivity index (χ0) is 14.1. The van der Waals surface area contributed by atoms with Gasteiger partial charge in [-0.3, -0.25) is 4.79 Å². The molecule has 0 saturated carbocycles. The fraction of sp³-hybridized carbons (Fsp3) is 0.400. The Morgan fingerprint density at radius 2 is 2.35 bits per heavy atom. The van der Waals surface area contributed by atoms with Gasteiger partial charge in [-0.2, -0.15) is 0 Å². The van der Waals surface area contributed by atoms with Gasteiger partial charge in [0, 0.05) is 28.9 Å². The Bertz CT molecular complexity index is 638. The number of nitrogens with one attached hydrogen (secondary N) is 2. The standard InChI is InChI=1S/C15H17BrN2O2/c1-9(17-8-12-3-5-15(19)18-12)14-7-10-6-11(16)2-4-13(10)20-14/h2,4,6-7,9,12,17H,3,5,8H2,1H3,(H,18,19). The van der Waals surface area contributed by atoms with Crippen LogP contribution in [0.1, 0.15) is 31.6 Å². The highest BCUT2D eigenvalue weighted by molar-refractivity contribution is 9.10. The van der Waals surface area contributed by atoms with Crippen molar-refractivity contribution in [1.82, 2.24) is 10.6 Å². The highest BCUT2D eigenvalue weighted by Gasteiger charge is 2.21. The van der Waals surface area contributed by atoms with E-state index in [1.54, 1.807) is 0 Å². The topological polar surface area (TPSA) is 54.3 Å². The molecule has 20 heavy (non-hydrogen) atoms. The number of furan rings is 1. The van der Waals surface area contributed by atoms with E-state index in [4.69, 9.17) is 4.42 Å². The van der Waals surface area contributed by atoms with Gasteiger partial charge >= 0.3 is 0 Å². The van der Waals surface area contributed by atoms with Crippen LogP contribution >= 0.6 is 15.9 Å². The summed E-state index contributed by atoms with van der Waals surface area (Å²) in [7, 11) is 0. The lowest BCUT2D eigenvalue weighted by Gasteiger charge is -2.15. The molecule has 1 fully saturated rings. The summed E-state index contributed by atoms with van der Waals surface area (Å²) in [4.78, 5) is 11.2. The third-order valence-corrected chi connectivity index (χ3v) is 4.17. The molecule has 5 heteroatoms. The smallest absolute Gasteiger partial charge is 0.220 e. The van der Waals surface area contributed by atoms with Crippen LogP contribution in [0.4, 0.5) is 0 Å². The van der Waals surface area contributed by atoms with Crippen LogP contribution in [0.2, 0.25) is 0 Å². The lowest BCUT2D eigenvalue weighted by Crippen LogP contribution is -2.36. The number of hydrogen-bond acceptors (Lipinski definition) is 3. The summed E-state index contributed by atoms with van der Waals surface area (Å²) in [6.07, 6.45) is 1.55. The Hall–Kier alpha value is -1.33. The van der Waals surface area contributed by atoms with E-state index < -0.39 is 0 Å². The van der Waals surface area contributed by atoms with Gasteiger partial charge in [0.2, 0.25) is 5.91 Å². The summed E-state index contributed by atoms with van der Waals surface area (Å²) >= 11 is 3.46. The SMILES string of the molecule is CC(NCC1CCC(=O)N1)c1cc2cc(Br)ccc2o1. The van der Waals surface area contributed by atoms with Gasteiger partial charge in [0.25, 0.3) is 0 Å². The first-order chi connectivity index (χ1) is 9.61. The van der Waals surface area contributed by atoms with E-state index in [0.717, 1.165) is 34.2 Å². The number of rotatable bonds is 4. The average Bonchev–Trinajstić information content (AvgIpc) is 3.01. The molecule has 2 atom stereocenters. The second-order valence-electron chi connectivity index (χ2n) is 5.26. The summed E-state index contributed by atoms with van der Waals surface area (Å²) < 4.78 is 6.90. The number of hydrogen-bond donors (Lipinski definition) is 2. The summed E-state index contributed by atoms with van der Waals surface area (Å²) in [5, 5.41) is 7.47. The maximum atomic E-state index is 11.2. The number of fused-ring (bicyclic) bond motifs is 1.